The third-order valence-electron chi connectivity index (χ3n) is 4.10. The molecule has 0 radical (unpaired) electrons. The molecule has 0 saturated heterocycles. The van der Waals surface area contributed by atoms with Crippen molar-refractivity contribution in [3.63, 3.8) is 0 Å². The average Bonchev–Trinajstić information content (AvgIpc) is 3.31. The molecule has 0 saturated carbocycles. The maximum Gasteiger partial charge on any atom is 0.167 e. The van der Waals surface area contributed by atoms with Gasteiger partial charge in [-0.05, 0) is 24.3 Å². The number of nitrogens with zero attached hydrogens (tertiary/aromatic N) is 6. The maximum atomic E-state index is 4.64. The zero-order valence-corrected chi connectivity index (χ0v) is 14.5. The molecule has 0 atom stereocenters. The van der Waals surface area contributed by atoms with Crippen molar-refractivity contribution in [2.45, 2.75) is 10.8 Å². The van der Waals surface area contributed by atoms with E-state index >= 15 is 0 Å². The third-order valence-corrected chi connectivity index (χ3v) is 5.14. The minimum absolute atomic E-state index is 0.740. The van der Waals surface area contributed by atoms with E-state index in [-0.39, 0.29) is 0 Å². The van der Waals surface area contributed by atoms with Crippen molar-refractivity contribution >= 4 is 28.4 Å². The number of hydrogen-bond donors (Lipinski definition) is 0. The van der Waals surface area contributed by atoms with E-state index < -0.39 is 0 Å². The number of thioether (sulfide) groups is 1. The molecule has 26 heavy (non-hydrogen) atoms. The van der Waals surface area contributed by atoms with Gasteiger partial charge in [0, 0.05) is 18.1 Å². The largest absolute Gasteiger partial charge is 0.307 e. The first-order valence-electron chi connectivity index (χ1n) is 8.18. The summed E-state index contributed by atoms with van der Waals surface area (Å²) in [5.74, 6) is 0.740. The van der Waals surface area contributed by atoms with E-state index in [2.05, 4.69) is 20.1 Å². The molecule has 6 nitrogen and oxygen atoms in total. The van der Waals surface area contributed by atoms with Crippen molar-refractivity contribution in [1.29, 1.82) is 0 Å². The average molecular weight is 358 g/mol. The number of fused-ring (bicyclic) bond motifs is 2. The number of imidazole rings is 1. The van der Waals surface area contributed by atoms with E-state index in [9.17, 15) is 0 Å². The van der Waals surface area contributed by atoms with Crippen molar-refractivity contribution in [3.05, 3.63) is 79.1 Å². The van der Waals surface area contributed by atoms with Crippen LogP contribution in [-0.4, -0.2) is 29.1 Å². The van der Waals surface area contributed by atoms with Gasteiger partial charge in [0.1, 0.15) is 17.0 Å². The monoisotopic (exact) mass is 358 g/mol. The molecule has 0 bridgehead atoms. The molecule has 5 rings (SSSR count). The van der Waals surface area contributed by atoms with Crippen LogP contribution < -0.4 is 0 Å². The second-order valence-corrected chi connectivity index (χ2v) is 6.76. The Balaban J connectivity index is 1.46. The summed E-state index contributed by atoms with van der Waals surface area (Å²) in [6.45, 7) is 0. The number of pyridine rings is 1. The summed E-state index contributed by atoms with van der Waals surface area (Å²) in [6.07, 6.45) is 7.47. The van der Waals surface area contributed by atoms with Crippen LogP contribution in [0.15, 0.2) is 78.5 Å². The van der Waals surface area contributed by atoms with Gasteiger partial charge < -0.3 is 4.40 Å². The highest BCUT2D eigenvalue weighted by atomic mass is 32.2. The molecule has 0 aliphatic carbocycles. The third kappa shape index (κ3) is 2.62. The molecule has 5 aromatic rings. The second-order valence-electron chi connectivity index (χ2n) is 5.80. The molecule has 0 amide bonds. The fourth-order valence-electron chi connectivity index (χ4n) is 2.89. The Labute approximate surface area is 153 Å². The van der Waals surface area contributed by atoms with Crippen molar-refractivity contribution < 1.29 is 0 Å². The summed E-state index contributed by atoms with van der Waals surface area (Å²) in [4.78, 5) is 13.5. The fraction of sp³-hybridized carbons (Fsp3) is 0.0526. The van der Waals surface area contributed by atoms with Gasteiger partial charge in [0.05, 0.1) is 23.0 Å². The Morgan fingerprint density at radius 3 is 2.73 bits per heavy atom. The second kappa shape index (κ2) is 6.27. The van der Waals surface area contributed by atoms with Crippen molar-refractivity contribution in [1.82, 2.24) is 29.1 Å². The van der Waals surface area contributed by atoms with Crippen LogP contribution in [0, 0.1) is 0 Å². The van der Waals surface area contributed by atoms with Crippen LogP contribution >= 0.6 is 11.8 Å². The van der Waals surface area contributed by atoms with Crippen LogP contribution in [0.5, 0.6) is 0 Å². The highest BCUT2D eigenvalue weighted by Gasteiger charge is 2.12. The normalized spacial score (nSPS) is 11.4. The van der Waals surface area contributed by atoms with Gasteiger partial charge >= 0.3 is 0 Å². The standard InChI is InChI=1S/C19H14N6S/c1-2-6-15(7-3-1)25-18-16(10-22-25)19(21-13-20-18)26-12-14-11-24-9-5-4-8-17(24)23-14/h1-11,13H,12H2. The molecule has 0 spiro atoms. The number of rotatable bonds is 4. The molecular formula is C19H14N6S. The number of benzene rings is 1. The van der Waals surface area contributed by atoms with Gasteiger partial charge in [-0.2, -0.15) is 5.10 Å². The van der Waals surface area contributed by atoms with E-state index in [4.69, 9.17) is 0 Å². The smallest absolute Gasteiger partial charge is 0.167 e. The van der Waals surface area contributed by atoms with Crippen LogP contribution in [0.2, 0.25) is 0 Å². The lowest BCUT2D eigenvalue weighted by molar-refractivity contribution is 0.893. The minimum atomic E-state index is 0.740. The zero-order chi connectivity index (χ0) is 17.3. The number of aromatic nitrogens is 6. The molecule has 1 aromatic carbocycles. The Kier molecular flexibility index (Phi) is 3.64. The van der Waals surface area contributed by atoms with E-state index in [1.807, 2.05) is 76.2 Å². The molecule has 4 aromatic heterocycles. The van der Waals surface area contributed by atoms with E-state index in [1.54, 1.807) is 18.1 Å². The molecule has 126 valence electrons. The lowest BCUT2D eigenvalue weighted by atomic mass is 10.3. The predicted octanol–water partition coefficient (Wildman–Crippen LogP) is 3.76. The Bertz CT molecular complexity index is 1160. The lowest BCUT2D eigenvalue weighted by Gasteiger charge is -2.03. The van der Waals surface area contributed by atoms with Gasteiger partial charge in [0.2, 0.25) is 0 Å². The first-order chi connectivity index (χ1) is 12.9. The Morgan fingerprint density at radius 1 is 0.962 bits per heavy atom. The van der Waals surface area contributed by atoms with Crippen LogP contribution in [0.25, 0.3) is 22.4 Å². The number of para-hydroxylation sites is 1. The predicted molar refractivity (Wildman–Crippen MR) is 101 cm³/mol. The van der Waals surface area contributed by atoms with Gasteiger partial charge in [-0.25, -0.2) is 19.6 Å². The van der Waals surface area contributed by atoms with Crippen LogP contribution in [0.4, 0.5) is 0 Å². The van der Waals surface area contributed by atoms with Crippen LogP contribution in [0.1, 0.15) is 5.69 Å². The van der Waals surface area contributed by atoms with Gasteiger partial charge in [-0.15, -0.1) is 0 Å². The fourth-order valence-corrected chi connectivity index (χ4v) is 3.74. The SMILES string of the molecule is c1ccc(-n2ncc3c(SCc4cn5ccccc5n4)ncnc32)cc1. The Morgan fingerprint density at radius 2 is 1.85 bits per heavy atom. The molecule has 4 heterocycles. The van der Waals surface area contributed by atoms with E-state index in [0.717, 1.165) is 38.8 Å². The zero-order valence-electron chi connectivity index (χ0n) is 13.7. The van der Waals surface area contributed by atoms with Crippen molar-refractivity contribution in [2.24, 2.45) is 0 Å². The molecule has 0 unspecified atom stereocenters. The van der Waals surface area contributed by atoms with Crippen molar-refractivity contribution in [2.75, 3.05) is 0 Å². The minimum Gasteiger partial charge on any atom is -0.307 e. The topological polar surface area (TPSA) is 60.9 Å². The van der Waals surface area contributed by atoms with Crippen LogP contribution in [0.3, 0.4) is 0 Å². The molecule has 0 fully saturated rings. The van der Waals surface area contributed by atoms with Gasteiger partial charge in [0.25, 0.3) is 0 Å². The molecule has 0 N–H and O–H groups in total. The summed E-state index contributed by atoms with van der Waals surface area (Å²) < 4.78 is 3.87. The molecule has 7 heteroatoms. The highest BCUT2D eigenvalue weighted by molar-refractivity contribution is 7.98. The first kappa shape index (κ1) is 15.1. The summed E-state index contributed by atoms with van der Waals surface area (Å²) in [5, 5.41) is 6.36. The summed E-state index contributed by atoms with van der Waals surface area (Å²) in [6, 6.07) is 16.0. The Hall–Kier alpha value is -3.19. The van der Waals surface area contributed by atoms with E-state index in [0.29, 0.717) is 0 Å². The molecular weight excluding hydrogens is 344 g/mol. The van der Waals surface area contributed by atoms with Gasteiger partial charge in [-0.1, -0.05) is 36.0 Å². The summed E-state index contributed by atoms with van der Waals surface area (Å²) in [5.41, 5.74) is 3.76. The van der Waals surface area contributed by atoms with Gasteiger partial charge in [-0.3, -0.25) is 0 Å². The van der Waals surface area contributed by atoms with Gasteiger partial charge in [0.15, 0.2) is 5.65 Å². The van der Waals surface area contributed by atoms with Crippen molar-refractivity contribution in [3.8, 4) is 5.69 Å². The summed E-state index contributed by atoms with van der Waals surface area (Å²) in [7, 11) is 0. The first-order valence-corrected chi connectivity index (χ1v) is 9.16. The lowest BCUT2D eigenvalue weighted by Crippen LogP contribution is -1.97. The van der Waals surface area contributed by atoms with E-state index in [1.165, 1.54) is 0 Å². The quantitative estimate of drug-likeness (QED) is 0.362. The maximum absolute atomic E-state index is 4.64. The number of hydrogen-bond acceptors (Lipinski definition) is 5. The molecule has 0 aliphatic heterocycles. The summed E-state index contributed by atoms with van der Waals surface area (Å²) >= 11 is 1.65. The molecule has 0 aliphatic rings. The highest BCUT2D eigenvalue weighted by Crippen LogP contribution is 2.28. The van der Waals surface area contributed by atoms with Crippen LogP contribution in [-0.2, 0) is 5.75 Å².